The molecule has 212 valence electrons. The van der Waals surface area contributed by atoms with Crippen LogP contribution in [0.3, 0.4) is 0 Å². The van der Waals surface area contributed by atoms with Crippen LogP contribution in [0.25, 0.3) is 0 Å². The van der Waals surface area contributed by atoms with E-state index in [1.807, 2.05) is 0 Å². The summed E-state index contributed by atoms with van der Waals surface area (Å²) in [7, 11) is 0. The second-order valence-corrected chi connectivity index (χ2v) is 13.2. The van der Waals surface area contributed by atoms with Gasteiger partial charge in [0.2, 0.25) is 0 Å². The van der Waals surface area contributed by atoms with E-state index < -0.39 is 35.2 Å². The maximum Gasteiger partial charge on any atom is 0.352 e. The summed E-state index contributed by atoms with van der Waals surface area (Å²) in [6, 6.07) is -1.03. The van der Waals surface area contributed by atoms with Crippen LogP contribution in [-0.4, -0.2) is 84.1 Å². The lowest BCUT2D eigenvalue weighted by atomic mass is 10.0. The van der Waals surface area contributed by atoms with Gasteiger partial charge < -0.3 is 26.1 Å². The number of aromatic nitrogens is 2. The lowest BCUT2D eigenvalue weighted by Gasteiger charge is -2.49. The minimum Gasteiger partial charge on any atom is -0.481 e. The topological polar surface area (TPSA) is 197 Å². The normalized spacial score (nSPS) is 18.7. The average molecular weight is 645 g/mol. The fraction of sp³-hybridized carbons (Fsp3) is 0.318. The van der Waals surface area contributed by atoms with Crippen LogP contribution >= 0.6 is 57.8 Å². The molecular weight excluding hydrogens is 624 g/mol. The largest absolute Gasteiger partial charge is 0.481 e. The Labute approximate surface area is 248 Å². The minimum absolute atomic E-state index is 0.00236. The van der Waals surface area contributed by atoms with Crippen LogP contribution in [0.15, 0.2) is 33.4 Å². The molecule has 40 heavy (non-hydrogen) atoms. The highest BCUT2D eigenvalue weighted by molar-refractivity contribution is 8.01. The van der Waals surface area contributed by atoms with Crippen LogP contribution in [-0.2, 0) is 30.4 Å². The summed E-state index contributed by atoms with van der Waals surface area (Å²) in [4.78, 5) is 64.7. The number of oxime groups is 1. The highest BCUT2D eigenvalue weighted by Crippen LogP contribution is 2.42. The summed E-state index contributed by atoms with van der Waals surface area (Å²) in [5.41, 5.74) is 6.35. The van der Waals surface area contributed by atoms with Gasteiger partial charge in [0.1, 0.15) is 33.7 Å². The number of carboxylic acid groups (broad SMARTS) is 2. The number of anilines is 1. The molecule has 2 aliphatic rings. The van der Waals surface area contributed by atoms with Crippen molar-refractivity contribution in [1.82, 2.24) is 20.2 Å². The number of thiazole rings is 2. The van der Waals surface area contributed by atoms with Crippen molar-refractivity contribution in [1.29, 1.82) is 0 Å². The third-order valence-corrected chi connectivity index (χ3v) is 10.3. The van der Waals surface area contributed by atoms with E-state index >= 15 is 0 Å². The number of aliphatic carboxylic acids is 2. The van der Waals surface area contributed by atoms with Crippen molar-refractivity contribution in [2.45, 2.75) is 29.1 Å². The zero-order valence-electron chi connectivity index (χ0n) is 20.6. The molecule has 0 spiro atoms. The quantitative estimate of drug-likeness (QED) is 0.0657. The van der Waals surface area contributed by atoms with Gasteiger partial charge in [0.25, 0.3) is 11.8 Å². The van der Waals surface area contributed by atoms with E-state index in [9.17, 15) is 24.3 Å². The van der Waals surface area contributed by atoms with E-state index in [2.05, 4.69) is 27.0 Å². The number of amides is 2. The highest BCUT2D eigenvalue weighted by Gasteiger charge is 2.54. The molecule has 2 atom stereocenters. The van der Waals surface area contributed by atoms with E-state index in [4.69, 9.17) is 27.3 Å². The van der Waals surface area contributed by atoms with E-state index in [-0.39, 0.29) is 45.4 Å². The minimum atomic E-state index is -1.27. The van der Waals surface area contributed by atoms with Crippen LogP contribution < -0.4 is 11.1 Å². The molecule has 1 saturated heterocycles. The molecule has 1 unspecified atom stereocenters. The smallest absolute Gasteiger partial charge is 0.352 e. The van der Waals surface area contributed by atoms with Crippen LogP contribution in [0.5, 0.6) is 0 Å². The summed E-state index contributed by atoms with van der Waals surface area (Å²) in [5.74, 6) is -3.11. The fourth-order valence-electron chi connectivity index (χ4n) is 3.73. The molecule has 0 radical (unpaired) electrons. The third kappa shape index (κ3) is 6.27. The number of halogens is 1. The second kappa shape index (κ2) is 12.6. The Morgan fingerprint density at radius 2 is 2.10 bits per heavy atom. The number of hydrogen-bond donors (Lipinski definition) is 4. The molecule has 0 aromatic carbocycles. The van der Waals surface area contributed by atoms with Crippen LogP contribution in [0.1, 0.15) is 16.3 Å². The van der Waals surface area contributed by atoms with E-state index in [1.54, 1.807) is 6.92 Å². The van der Waals surface area contributed by atoms with Gasteiger partial charge in [-0.3, -0.25) is 19.3 Å². The SMILES string of the molecule is C=CCON=C(C(=O)NC1C(=O)N2C(C(=O)O)=C(CSc3nc(C)c(CC(=O)O)s3)CS[C@@H]12)c1nc(N)sc1Cl. The first-order valence-electron chi connectivity index (χ1n) is 11.3. The van der Waals surface area contributed by atoms with Gasteiger partial charge in [-0.15, -0.1) is 23.1 Å². The molecule has 18 heteroatoms. The Kier molecular flexibility index (Phi) is 9.40. The summed E-state index contributed by atoms with van der Waals surface area (Å²) in [6.07, 6.45) is 1.28. The number of rotatable bonds is 12. The lowest BCUT2D eigenvalue weighted by Crippen LogP contribution is -2.71. The molecule has 1 fully saturated rings. The molecule has 4 rings (SSSR count). The Balaban J connectivity index is 1.49. The van der Waals surface area contributed by atoms with E-state index in [1.165, 1.54) is 40.9 Å². The summed E-state index contributed by atoms with van der Waals surface area (Å²) >= 11 is 10.9. The molecule has 0 aliphatic carbocycles. The second-order valence-electron chi connectivity index (χ2n) is 8.16. The van der Waals surface area contributed by atoms with Crippen molar-refractivity contribution in [2.75, 3.05) is 23.8 Å². The molecule has 2 amide bonds. The Morgan fingerprint density at radius 3 is 2.73 bits per heavy atom. The first-order valence-corrected chi connectivity index (χ1v) is 15.3. The van der Waals surface area contributed by atoms with E-state index in [0.29, 0.717) is 26.2 Å². The molecule has 0 saturated carbocycles. The Hall–Kier alpha value is -3.12. The van der Waals surface area contributed by atoms with Gasteiger partial charge >= 0.3 is 11.9 Å². The molecular formula is C22H21ClN6O7S4. The third-order valence-electron chi connectivity index (χ3n) is 5.48. The fourth-order valence-corrected chi connectivity index (χ4v) is 8.37. The van der Waals surface area contributed by atoms with Crippen molar-refractivity contribution in [2.24, 2.45) is 5.16 Å². The molecule has 0 bridgehead atoms. The van der Waals surface area contributed by atoms with Crippen LogP contribution in [0.2, 0.25) is 4.34 Å². The van der Waals surface area contributed by atoms with Gasteiger partial charge in [-0.05, 0) is 12.5 Å². The number of thioether (sulfide) groups is 2. The molecule has 2 aromatic heterocycles. The Morgan fingerprint density at radius 1 is 1.35 bits per heavy atom. The zero-order chi connectivity index (χ0) is 29.1. The zero-order valence-corrected chi connectivity index (χ0v) is 24.6. The standard InChI is InChI=1S/C22H21ClN6O7S4/c1-3-4-36-28-13(12-16(23)40-21(24)27-12)17(32)26-14-18(33)29-15(20(34)35)9(6-37-19(14)29)7-38-22-25-8(2)10(39-22)5-11(30)31/h3,14,19H,1,4-7H2,2H3,(H2,24,27)(H,26,32)(H,30,31)(H,34,35)/t14?,19-/m0/s1. The molecule has 13 nitrogen and oxygen atoms in total. The van der Waals surface area contributed by atoms with Crippen molar-refractivity contribution in [3.05, 3.63) is 44.5 Å². The predicted octanol–water partition coefficient (Wildman–Crippen LogP) is 2.21. The number of hydrogen-bond acceptors (Lipinski definition) is 13. The number of nitrogens with one attached hydrogen (secondary N) is 1. The van der Waals surface area contributed by atoms with Gasteiger partial charge in [-0.2, -0.15) is 0 Å². The van der Waals surface area contributed by atoms with Gasteiger partial charge in [0.05, 0.1) is 12.1 Å². The number of aryl methyl sites for hydroxylation is 1. The van der Waals surface area contributed by atoms with Gasteiger partial charge in [0, 0.05) is 16.4 Å². The van der Waals surface area contributed by atoms with Gasteiger partial charge in [-0.1, -0.05) is 52.5 Å². The number of carboxylic acids is 2. The number of nitrogens with two attached hydrogens (primary N) is 1. The van der Waals surface area contributed by atoms with Crippen molar-refractivity contribution >= 4 is 92.4 Å². The first-order chi connectivity index (χ1) is 19.0. The van der Waals surface area contributed by atoms with Crippen LogP contribution in [0.4, 0.5) is 5.13 Å². The Bertz CT molecular complexity index is 1450. The average Bonchev–Trinajstić information content (AvgIpc) is 3.41. The maximum absolute atomic E-state index is 13.1. The summed E-state index contributed by atoms with van der Waals surface area (Å²) < 4.78 is 0.705. The maximum atomic E-state index is 13.1. The number of nitrogens with zero attached hydrogens (tertiary/aromatic N) is 4. The van der Waals surface area contributed by atoms with Gasteiger partial charge in [-0.25, -0.2) is 14.8 Å². The van der Waals surface area contributed by atoms with Crippen molar-refractivity contribution < 1.29 is 34.2 Å². The number of fused-ring (bicyclic) bond motifs is 1. The molecule has 5 N–H and O–H groups in total. The summed E-state index contributed by atoms with van der Waals surface area (Å²) in [6.45, 7) is 5.22. The summed E-state index contributed by atoms with van der Waals surface area (Å²) in [5, 5.41) is 24.8. The van der Waals surface area contributed by atoms with E-state index in [0.717, 1.165) is 16.2 Å². The molecule has 2 aromatic rings. The van der Waals surface area contributed by atoms with Crippen LogP contribution in [0, 0.1) is 6.92 Å². The van der Waals surface area contributed by atoms with Gasteiger partial charge in [0.15, 0.2) is 15.2 Å². The predicted molar refractivity (Wildman–Crippen MR) is 153 cm³/mol. The molecule has 4 heterocycles. The number of carbonyl (C=O) groups excluding carboxylic acids is 2. The monoisotopic (exact) mass is 644 g/mol. The number of nitrogen functional groups attached to an aromatic ring is 1. The highest BCUT2D eigenvalue weighted by atomic mass is 35.5. The first kappa shape index (κ1) is 29.9. The van der Waals surface area contributed by atoms with Crippen molar-refractivity contribution in [3.63, 3.8) is 0 Å². The molecule has 2 aliphatic heterocycles. The number of carbonyl (C=O) groups is 4. The lowest BCUT2D eigenvalue weighted by molar-refractivity contribution is -0.150. The number of β-lactam (4-membered cyclic amide) rings is 1. The van der Waals surface area contributed by atoms with Crippen molar-refractivity contribution in [3.8, 4) is 0 Å².